The van der Waals surface area contributed by atoms with Gasteiger partial charge in [0.1, 0.15) is 0 Å². The summed E-state index contributed by atoms with van der Waals surface area (Å²) < 4.78 is 0. The number of aromatic nitrogens is 2. The van der Waals surface area contributed by atoms with E-state index in [2.05, 4.69) is 149 Å². The van der Waals surface area contributed by atoms with Crippen molar-refractivity contribution in [3.63, 3.8) is 0 Å². The average Bonchev–Trinajstić information content (AvgIpc) is 3.11. The fraction of sp³-hybridized carbons (Fsp3) is 0. The quantitative estimate of drug-likeness (QED) is 0.196. The maximum absolute atomic E-state index is 4.38. The molecule has 0 saturated carbocycles. The van der Waals surface area contributed by atoms with Gasteiger partial charge in [0.05, 0.1) is 0 Å². The summed E-state index contributed by atoms with van der Waals surface area (Å²) in [4.78, 5) is 8.61. The molecule has 0 amide bonds. The second-order valence-corrected chi connectivity index (χ2v) is 11.1. The van der Waals surface area contributed by atoms with Gasteiger partial charge in [0.2, 0.25) is 0 Å². The fourth-order valence-corrected chi connectivity index (χ4v) is 6.40. The van der Waals surface area contributed by atoms with Gasteiger partial charge in [-0.3, -0.25) is 9.97 Å². The summed E-state index contributed by atoms with van der Waals surface area (Å²) in [6, 6.07) is 52.4. The van der Waals surface area contributed by atoms with Crippen LogP contribution in [0, 0.1) is 0 Å². The lowest BCUT2D eigenvalue weighted by Gasteiger charge is -2.19. The lowest BCUT2D eigenvalue weighted by atomic mass is 9.84. The molecule has 0 aliphatic carbocycles. The lowest BCUT2D eigenvalue weighted by molar-refractivity contribution is 1.33. The van der Waals surface area contributed by atoms with E-state index in [4.69, 9.17) is 0 Å². The standard InChI is InChI=1S/C42H28N2/c1-2-9-29(10-3-1)33-18-19-39-40(27-33)42(35-14-7-12-32(26-35)36-15-8-22-44-28-36)38-17-5-4-16-37(38)41(39)34-13-6-11-31(25-34)30-20-23-43-24-21-30/h1-28H. The van der Waals surface area contributed by atoms with Crippen molar-refractivity contribution in [1.82, 2.24) is 9.97 Å². The highest BCUT2D eigenvalue weighted by molar-refractivity contribution is 6.22. The smallest absolute Gasteiger partial charge is 0.0346 e. The largest absolute Gasteiger partial charge is 0.265 e. The first-order valence-corrected chi connectivity index (χ1v) is 14.9. The van der Waals surface area contributed by atoms with Gasteiger partial charge in [0, 0.05) is 30.4 Å². The Balaban J connectivity index is 1.45. The fourth-order valence-electron chi connectivity index (χ4n) is 6.40. The Kier molecular flexibility index (Phi) is 6.51. The molecular formula is C42H28N2. The van der Waals surface area contributed by atoms with Gasteiger partial charge in [0.15, 0.2) is 0 Å². The minimum atomic E-state index is 1.11. The molecule has 6 aromatic carbocycles. The third-order valence-electron chi connectivity index (χ3n) is 8.44. The Hall–Kier alpha value is -5.86. The van der Waals surface area contributed by atoms with E-state index in [0.29, 0.717) is 0 Å². The zero-order valence-corrected chi connectivity index (χ0v) is 24.1. The minimum Gasteiger partial charge on any atom is -0.265 e. The predicted octanol–water partition coefficient (Wildman–Crippen LogP) is 11.1. The molecule has 0 saturated heterocycles. The molecule has 2 nitrogen and oxygen atoms in total. The number of pyridine rings is 2. The molecule has 2 heterocycles. The average molecular weight is 561 g/mol. The Labute approximate surface area is 257 Å². The number of rotatable bonds is 5. The van der Waals surface area contributed by atoms with E-state index >= 15 is 0 Å². The van der Waals surface area contributed by atoms with Crippen molar-refractivity contribution < 1.29 is 0 Å². The van der Waals surface area contributed by atoms with Gasteiger partial charge in [-0.15, -0.1) is 0 Å². The van der Waals surface area contributed by atoms with Crippen LogP contribution in [0.3, 0.4) is 0 Å². The molecule has 0 atom stereocenters. The molecule has 0 radical (unpaired) electrons. The third-order valence-corrected chi connectivity index (χ3v) is 8.44. The van der Waals surface area contributed by atoms with E-state index < -0.39 is 0 Å². The van der Waals surface area contributed by atoms with Gasteiger partial charge in [-0.2, -0.15) is 0 Å². The molecule has 0 unspecified atom stereocenters. The van der Waals surface area contributed by atoms with Crippen molar-refractivity contribution in [2.45, 2.75) is 0 Å². The summed E-state index contributed by atoms with van der Waals surface area (Å²) in [7, 11) is 0. The molecule has 0 aliphatic heterocycles. The number of nitrogens with zero attached hydrogens (tertiary/aromatic N) is 2. The zero-order chi connectivity index (χ0) is 29.3. The first-order valence-electron chi connectivity index (χ1n) is 14.9. The molecule has 206 valence electrons. The van der Waals surface area contributed by atoms with Crippen LogP contribution in [0.25, 0.3) is 77.2 Å². The summed E-state index contributed by atoms with van der Waals surface area (Å²) in [6.45, 7) is 0. The summed E-state index contributed by atoms with van der Waals surface area (Å²) in [5.74, 6) is 0. The first kappa shape index (κ1) is 25.8. The molecule has 0 fully saturated rings. The third kappa shape index (κ3) is 4.63. The molecule has 0 N–H and O–H groups in total. The molecule has 2 heteroatoms. The maximum atomic E-state index is 4.38. The SMILES string of the molecule is c1ccc(-c2ccc3c(-c4cccc(-c5ccncc5)c4)c4ccccc4c(-c4cccc(-c5cccnc5)c4)c3c2)cc1. The van der Waals surface area contributed by atoms with Crippen LogP contribution >= 0.6 is 0 Å². The summed E-state index contributed by atoms with van der Waals surface area (Å²) in [6.07, 6.45) is 7.46. The second-order valence-electron chi connectivity index (χ2n) is 11.1. The lowest BCUT2D eigenvalue weighted by Crippen LogP contribution is -1.92. The van der Waals surface area contributed by atoms with Crippen LogP contribution in [0.1, 0.15) is 0 Å². The molecule has 8 aromatic rings. The number of fused-ring (bicyclic) bond motifs is 2. The Morgan fingerprint density at radius 2 is 0.795 bits per heavy atom. The van der Waals surface area contributed by atoms with Crippen molar-refractivity contribution >= 4 is 21.5 Å². The van der Waals surface area contributed by atoms with Crippen LogP contribution in [0.4, 0.5) is 0 Å². The van der Waals surface area contributed by atoms with E-state index in [1.165, 1.54) is 60.5 Å². The molecule has 0 bridgehead atoms. The monoisotopic (exact) mass is 560 g/mol. The first-order chi connectivity index (χ1) is 21.8. The van der Waals surface area contributed by atoms with Gasteiger partial charge in [-0.1, -0.05) is 109 Å². The maximum Gasteiger partial charge on any atom is 0.0346 e. The van der Waals surface area contributed by atoms with Gasteiger partial charge in [-0.25, -0.2) is 0 Å². The Morgan fingerprint density at radius 3 is 1.48 bits per heavy atom. The van der Waals surface area contributed by atoms with Crippen LogP contribution in [0.2, 0.25) is 0 Å². The normalized spacial score (nSPS) is 11.2. The highest BCUT2D eigenvalue weighted by atomic mass is 14.6. The van der Waals surface area contributed by atoms with Crippen molar-refractivity contribution in [2.24, 2.45) is 0 Å². The van der Waals surface area contributed by atoms with E-state index in [0.717, 1.165) is 16.7 Å². The van der Waals surface area contributed by atoms with Gasteiger partial charge in [0.25, 0.3) is 0 Å². The molecule has 0 spiro atoms. The highest BCUT2D eigenvalue weighted by Gasteiger charge is 2.18. The van der Waals surface area contributed by atoms with E-state index in [1.807, 2.05) is 30.9 Å². The molecular weight excluding hydrogens is 532 g/mol. The molecule has 8 rings (SSSR count). The van der Waals surface area contributed by atoms with E-state index in [1.54, 1.807) is 0 Å². The van der Waals surface area contributed by atoms with E-state index in [-0.39, 0.29) is 0 Å². The van der Waals surface area contributed by atoms with Crippen molar-refractivity contribution in [1.29, 1.82) is 0 Å². The summed E-state index contributed by atoms with van der Waals surface area (Å²) in [5.41, 5.74) is 11.9. The molecule has 2 aromatic heterocycles. The molecule has 44 heavy (non-hydrogen) atoms. The number of hydrogen-bond acceptors (Lipinski definition) is 2. The number of hydrogen-bond donors (Lipinski definition) is 0. The van der Waals surface area contributed by atoms with Crippen molar-refractivity contribution in [2.75, 3.05) is 0 Å². The van der Waals surface area contributed by atoms with Crippen LogP contribution in [0.15, 0.2) is 170 Å². The predicted molar refractivity (Wildman–Crippen MR) is 184 cm³/mol. The van der Waals surface area contributed by atoms with Crippen LogP contribution < -0.4 is 0 Å². The summed E-state index contributed by atoms with van der Waals surface area (Å²) >= 11 is 0. The molecule has 0 aliphatic rings. The Morgan fingerprint density at radius 1 is 0.273 bits per heavy atom. The summed E-state index contributed by atoms with van der Waals surface area (Å²) in [5, 5.41) is 4.94. The van der Waals surface area contributed by atoms with Crippen LogP contribution in [-0.2, 0) is 0 Å². The Bertz CT molecular complexity index is 2260. The highest BCUT2D eigenvalue weighted by Crippen LogP contribution is 2.45. The van der Waals surface area contributed by atoms with Gasteiger partial charge < -0.3 is 0 Å². The van der Waals surface area contributed by atoms with Crippen molar-refractivity contribution in [3.05, 3.63) is 170 Å². The number of benzene rings is 6. The zero-order valence-electron chi connectivity index (χ0n) is 24.1. The second kappa shape index (κ2) is 11.1. The van der Waals surface area contributed by atoms with Crippen molar-refractivity contribution in [3.8, 4) is 55.6 Å². The topological polar surface area (TPSA) is 25.8 Å². The van der Waals surface area contributed by atoms with E-state index in [9.17, 15) is 0 Å². The van der Waals surface area contributed by atoms with Crippen LogP contribution in [-0.4, -0.2) is 9.97 Å². The van der Waals surface area contributed by atoms with Crippen LogP contribution in [0.5, 0.6) is 0 Å². The minimum absolute atomic E-state index is 1.11. The van der Waals surface area contributed by atoms with Gasteiger partial charge >= 0.3 is 0 Å². The van der Waals surface area contributed by atoms with Gasteiger partial charge in [-0.05, 0) is 108 Å².